The van der Waals surface area contributed by atoms with Gasteiger partial charge in [0, 0.05) is 24.3 Å². The third-order valence-corrected chi connectivity index (χ3v) is 5.72. The number of sulfonamides is 1. The molecule has 1 aromatic carbocycles. The molecule has 0 aliphatic carbocycles. The van der Waals surface area contributed by atoms with E-state index in [0.29, 0.717) is 25.8 Å². The molecule has 1 aromatic heterocycles. The van der Waals surface area contributed by atoms with Crippen molar-refractivity contribution in [1.82, 2.24) is 14.6 Å². The van der Waals surface area contributed by atoms with Gasteiger partial charge in [-0.15, -0.1) is 0 Å². The molecule has 2 heterocycles. The Balaban J connectivity index is 1.89. The minimum atomic E-state index is -3.40. The smallest absolute Gasteiger partial charge is 0.410 e. The number of carbonyl (C=O) groups is 1. The van der Waals surface area contributed by atoms with E-state index in [1.54, 1.807) is 18.0 Å². The number of hydrogen-bond donors (Lipinski definition) is 1. The largest absolute Gasteiger partial charge is 0.450 e. The molecule has 2 aromatic rings. The van der Waals surface area contributed by atoms with Crippen molar-refractivity contribution in [2.24, 2.45) is 0 Å². The van der Waals surface area contributed by atoms with E-state index in [4.69, 9.17) is 4.74 Å². The number of benzene rings is 1. The molecule has 156 valence electrons. The average molecular weight is 418 g/mol. The first-order valence-corrected chi connectivity index (χ1v) is 11.7. The summed E-state index contributed by atoms with van der Waals surface area (Å²) in [6, 6.07) is 13.1. The number of hydrogen-bond acceptors (Lipinski definition) is 5. The second-order valence-electron chi connectivity index (χ2n) is 7.22. The Morgan fingerprint density at radius 1 is 1.28 bits per heavy atom. The van der Waals surface area contributed by atoms with Crippen LogP contribution in [0.25, 0.3) is 11.3 Å². The van der Waals surface area contributed by atoms with Gasteiger partial charge in [0.15, 0.2) is 0 Å². The van der Waals surface area contributed by atoms with Crippen LogP contribution in [0.1, 0.15) is 25.3 Å². The number of aromatic nitrogens is 1. The Bertz CT molecular complexity index is 934. The fourth-order valence-electron chi connectivity index (χ4n) is 3.76. The molecule has 1 fully saturated rings. The first kappa shape index (κ1) is 21.3. The molecule has 8 heteroatoms. The van der Waals surface area contributed by atoms with Gasteiger partial charge in [0.05, 0.1) is 24.6 Å². The predicted molar refractivity (Wildman–Crippen MR) is 112 cm³/mol. The molecule has 0 bridgehead atoms. The number of amides is 1. The van der Waals surface area contributed by atoms with Crippen LogP contribution in [0.3, 0.4) is 0 Å². The second-order valence-corrected chi connectivity index (χ2v) is 9.00. The predicted octanol–water partition coefficient (Wildman–Crippen LogP) is 2.83. The number of nitrogens with one attached hydrogen (secondary N) is 1. The summed E-state index contributed by atoms with van der Waals surface area (Å²) >= 11 is 0. The van der Waals surface area contributed by atoms with Crippen LogP contribution in [0.5, 0.6) is 0 Å². The number of ether oxygens (including phenoxy) is 1. The number of rotatable bonds is 6. The van der Waals surface area contributed by atoms with E-state index in [2.05, 4.69) is 9.71 Å². The van der Waals surface area contributed by atoms with Crippen molar-refractivity contribution in [3.8, 4) is 11.3 Å². The lowest BCUT2D eigenvalue weighted by Crippen LogP contribution is -2.57. The molecule has 0 saturated carbocycles. The average Bonchev–Trinajstić information content (AvgIpc) is 2.69. The van der Waals surface area contributed by atoms with E-state index in [1.807, 2.05) is 42.5 Å². The van der Waals surface area contributed by atoms with Crippen LogP contribution < -0.4 is 4.72 Å². The molecular formula is C21H27N3O4S. The maximum Gasteiger partial charge on any atom is 0.410 e. The molecule has 2 atom stereocenters. The van der Waals surface area contributed by atoms with Gasteiger partial charge in [-0.2, -0.15) is 0 Å². The minimum Gasteiger partial charge on any atom is -0.450 e. The fraction of sp³-hybridized carbons (Fsp3) is 0.429. The molecule has 1 aliphatic rings. The Kier molecular flexibility index (Phi) is 6.87. The first-order valence-electron chi connectivity index (χ1n) is 9.78. The van der Waals surface area contributed by atoms with Gasteiger partial charge in [-0.1, -0.05) is 30.3 Å². The Hall–Kier alpha value is -2.45. The van der Waals surface area contributed by atoms with Gasteiger partial charge in [-0.05, 0) is 43.9 Å². The summed E-state index contributed by atoms with van der Waals surface area (Å²) in [6.45, 7) is 2.58. The Morgan fingerprint density at radius 3 is 2.72 bits per heavy atom. The number of piperidine rings is 1. The SMILES string of the molecule is CCOC(=O)N1CCCC(NS(C)(=O)=O)C1Cc1ccnc(-c2ccccc2)c1. The van der Waals surface area contributed by atoms with Crippen LogP contribution in [0.2, 0.25) is 0 Å². The zero-order chi connectivity index (χ0) is 20.9. The highest BCUT2D eigenvalue weighted by atomic mass is 32.2. The van der Waals surface area contributed by atoms with Crippen molar-refractivity contribution in [3.63, 3.8) is 0 Å². The Labute approximate surface area is 172 Å². The summed E-state index contributed by atoms with van der Waals surface area (Å²) in [5.41, 5.74) is 2.83. The van der Waals surface area contributed by atoms with Gasteiger partial charge in [0.2, 0.25) is 10.0 Å². The quantitative estimate of drug-likeness (QED) is 0.781. The van der Waals surface area contributed by atoms with Gasteiger partial charge >= 0.3 is 6.09 Å². The maximum absolute atomic E-state index is 12.5. The first-order chi connectivity index (χ1) is 13.9. The van der Waals surface area contributed by atoms with E-state index in [0.717, 1.165) is 23.1 Å². The van der Waals surface area contributed by atoms with Crippen molar-refractivity contribution in [2.45, 2.75) is 38.3 Å². The molecule has 3 rings (SSSR count). The van der Waals surface area contributed by atoms with Crippen molar-refractivity contribution in [1.29, 1.82) is 0 Å². The van der Waals surface area contributed by atoms with E-state index in [-0.39, 0.29) is 18.7 Å². The van der Waals surface area contributed by atoms with Gasteiger partial charge in [-0.3, -0.25) is 4.98 Å². The summed E-state index contributed by atoms with van der Waals surface area (Å²) in [5, 5.41) is 0. The van der Waals surface area contributed by atoms with Crippen LogP contribution >= 0.6 is 0 Å². The van der Waals surface area contributed by atoms with Crippen LogP contribution in [-0.2, 0) is 21.2 Å². The maximum atomic E-state index is 12.5. The molecule has 0 spiro atoms. The molecule has 1 aliphatic heterocycles. The van der Waals surface area contributed by atoms with Crippen molar-refractivity contribution in [3.05, 3.63) is 54.2 Å². The molecule has 1 saturated heterocycles. The summed E-state index contributed by atoms with van der Waals surface area (Å²) in [6.07, 6.45) is 4.38. The highest BCUT2D eigenvalue weighted by Crippen LogP contribution is 2.25. The van der Waals surface area contributed by atoms with Crippen molar-refractivity contribution >= 4 is 16.1 Å². The molecule has 0 radical (unpaired) electrons. The normalized spacial score (nSPS) is 19.7. The lowest BCUT2D eigenvalue weighted by molar-refractivity contribution is 0.0678. The number of carbonyl (C=O) groups excluding carboxylic acids is 1. The van der Waals surface area contributed by atoms with E-state index in [1.165, 1.54) is 0 Å². The van der Waals surface area contributed by atoms with Crippen LogP contribution in [0.4, 0.5) is 4.79 Å². The van der Waals surface area contributed by atoms with Crippen LogP contribution in [0, 0.1) is 0 Å². The molecule has 2 unspecified atom stereocenters. The van der Waals surface area contributed by atoms with Crippen molar-refractivity contribution in [2.75, 3.05) is 19.4 Å². The molecule has 7 nitrogen and oxygen atoms in total. The van der Waals surface area contributed by atoms with E-state index >= 15 is 0 Å². The zero-order valence-electron chi connectivity index (χ0n) is 16.7. The van der Waals surface area contributed by atoms with Gasteiger partial charge < -0.3 is 9.64 Å². The molecule has 29 heavy (non-hydrogen) atoms. The third kappa shape index (κ3) is 5.77. The summed E-state index contributed by atoms with van der Waals surface area (Å²) < 4.78 is 31.7. The number of pyridine rings is 1. The lowest BCUT2D eigenvalue weighted by atomic mass is 9.91. The highest BCUT2D eigenvalue weighted by molar-refractivity contribution is 7.88. The van der Waals surface area contributed by atoms with Crippen LogP contribution in [0.15, 0.2) is 48.7 Å². The summed E-state index contributed by atoms with van der Waals surface area (Å²) in [4.78, 5) is 18.6. The standard InChI is InChI=1S/C21H27N3O4S/c1-3-28-21(25)24-13-7-10-18(23-29(2,26)27)20(24)15-16-11-12-22-19(14-16)17-8-5-4-6-9-17/h4-6,8-9,11-12,14,18,20,23H,3,7,10,13,15H2,1-2H3. The summed E-state index contributed by atoms with van der Waals surface area (Å²) in [5.74, 6) is 0. The zero-order valence-corrected chi connectivity index (χ0v) is 17.6. The minimum absolute atomic E-state index is 0.277. The Morgan fingerprint density at radius 2 is 2.03 bits per heavy atom. The monoisotopic (exact) mass is 417 g/mol. The van der Waals surface area contributed by atoms with E-state index in [9.17, 15) is 13.2 Å². The van der Waals surface area contributed by atoms with Gasteiger partial charge in [-0.25, -0.2) is 17.9 Å². The topological polar surface area (TPSA) is 88.6 Å². The lowest BCUT2D eigenvalue weighted by Gasteiger charge is -2.40. The number of nitrogens with zero attached hydrogens (tertiary/aromatic N) is 2. The summed E-state index contributed by atoms with van der Waals surface area (Å²) in [7, 11) is -3.40. The van der Waals surface area contributed by atoms with Crippen molar-refractivity contribution < 1.29 is 17.9 Å². The molecule has 1 amide bonds. The van der Waals surface area contributed by atoms with Gasteiger partial charge in [0.1, 0.15) is 0 Å². The van der Waals surface area contributed by atoms with Gasteiger partial charge in [0.25, 0.3) is 0 Å². The highest BCUT2D eigenvalue weighted by Gasteiger charge is 2.36. The van der Waals surface area contributed by atoms with E-state index < -0.39 is 16.1 Å². The van der Waals surface area contributed by atoms with Crippen LogP contribution in [-0.4, -0.2) is 55.9 Å². The second kappa shape index (κ2) is 9.37. The molecular weight excluding hydrogens is 390 g/mol. The number of likely N-dealkylation sites (tertiary alicyclic amines) is 1. The third-order valence-electron chi connectivity index (χ3n) is 4.99. The molecule has 1 N–H and O–H groups in total. The fourth-order valence-corrected chi connectivity index (χ4v) is 4.59.